The van der Waals surface area contributed by atoms with Crippen molar-refractivity contribution in [1.82, 2.24) is 5.32 Å². The fourth-order valence-electron chi connectivity index (χ4n) is 3.15. The molecule has 2 saturated carbocycles. The van der Waals surface area contributed by atoms with Gasteiger partial charge in [-0.15, -0.1) is 11.6 Å². The van der Waals surface area contributed by atoms with Crippen molar-refractivity contribution in [2.75, 3.05) is 20.3 Å². The fourth-order valence-corrected chi connectivity index (χ4v) is 3.35. The van der Waals surface area contributed by atoms with E-state index in [1.807, 2.05) is 0 Å². The van der Waals surface area contributed by atoms with Gasteiger partial charge in [0.1, 0.15) is 0 Å². The normalized spacial score (nSPS) is 34.0. The Balaban J connectivity index is 1.72. The smallest absolute Gasteiger partial charge is 0.223 e. The molecule has 4 atom stereocenters. The van der Waals surface area contributed by atoms with E-state index < -0.39 is 0 Å². The molecule has 4 unspecified atom stereocenters. The highest BCUT2D eigenvalue weighted by Gasteiger charge is 2.42. The molecular formula is C12H20ClNO2. The van der Waals surface area contributed by atoms with Gasteiger partial charge in [-0.25, -0.2) is 0 Å². The van der Waals surface area contributed by atoms with Crippen molar-refractivity contribution in [3.8, 4) is 0 Å². The number of alkyl halides is 1. The molecule has 1 amide bonds. The van der Waals surface area contributed by atoms with E-state index in [-0.39, 0.29) is 17.2 Å². The number of carbonyl (C=O) groups excluding carboxylic acids is 1. The SMILES string of the molecule is COCC(Cl)CNC(=O)C1CC2CCC1C2. The van der Waals surface area contributed by atoms with Crippen LogP contribution < -0.4 is 5.32 Å². The summed E-state index contributed by atoms with van der Waals surface area (Å²) in [5.74, 6) is 1.91. The average Bonchev–Trinajstić information content (AvgIpc) is 2.88. The van der Waals surface area contributed by atoms with E-state index in [1.165, 1.54) is 19.3 Å². The lowest BCUT2D eigenvalue weighted by Gasteiger charge is -2.21. The van der Waals surface area contributed by atoms with E-state index >= 15 is 0 Å². The molecule has 0 aliphatic heterocycles. The Labute approximate surface area is 102 Å². The van der Waals surface area contributed by atoms with Crippen molar-refractivity contribution in [2.45, 2.75) is 31.1 Å². The number of fused-ring (bicyclic) bond motifs is 2. The van der Waals surface area contributed by atoms with Crippen LogP contribution in [0.3, 0.4) is 0 Å². The van der Waals surface area contributed by atoms with Crippen LogP contribution in [0.25, 0.3) is 0 Å². The molecule has 0 spiro atoms. The summed E-state index contributed by atoms with van der Waals surface area (Å²) in [6.07, 6.45) is 4.93. The highest BCUT2D eigenvalue weighted by molar-refractivity contribution is 6.21. The largest absolute Gasteiger partial charge is 0.383 e. The molecule has 3 nitrogen and oxygen atoms in total. The van der Waals surface area contributed by atoms with E-state index in [1.54, 1.807) is 7.11 Å². The highest BCUT2D eigenvalue weighted by atomic mass is 35.5. The minimum atomic E-state index is -0.118. The maximum Gasteiger partial charge on any atom is 0.223 e. The minimum absolute atomic E-state index is 0.118. The number of ether oxygens (including phenoxy) is 1. The molecule has 2 rings (SSSR count). The van der Waals surface area contributed by atoms with Crippen LogP contribution >= 0.6 is 11.6 Å². The van der Waals surface area contributed by atoms with E-state index in [4.69, 9.17) is 16.3 Å². The zero-order valence-corrected chi connectivity index (χ0v) is 10.5. The number of hydrogen-bond acceptors (Lipinski definition) is 2. The molecule has 0 heterocycles. The third-order valence-electron chi connectivity index (χ3n) is 3.92. The van der Waals surface area contributed by atoms with Gasteiger partial charge in [-0.3, -0.25) is 4.79 Å². The van der Waals surface area contributed by atoms with E-state index in [2.05, 4.69) is 5.32 Å². The van der Waals surface area contributed by atoms with Crippen molar-refractivity contribution in [2.24, 2.45) is 17.8 Å². The molecule has 2 fully saturated rings. The van der Waals surface area contributed by atoms with Crippen LogP contribution in [0.5, 0.6) is 0 Å². The fraction of sp³-hybridized carbons (Fsp3) is 0.917. The van der Waals surface area contributed by atoms with Crippen LogP contribution in [0.2, 0.25) is 0 Å². The van der Waals surface area contributed by atoms with E-state index in [0.717, 1.165) is 12.3 Å². The molecule has 92 valence electrons. The summed E-state index contributed by atoms with van der Waals surface area (Å²) >= 11 is 5.97. The summed E-state index contributed by atoms with van der Waals surface area (Å²) in [5, 5.41) is 2.83. The molecule has 0 aromatic heterocycles. The number of hydrogen-bond donors (Lipinski definition) is 1. The van der Waals surface area contributed by atoms with Gasteiger partial charge in [0.2, 0.25) is 5.91 Å². The van der Waals surface area contributed by atoms with Gasteiger partial charge >= 0.3 is 0 Å². The summed E-state index contributed by atoms with van der Waals surface area (Å²) < 4.78 is 4.93. The maximum atomic E-state index is 11.9. The molecule has 1 N–H and O–H groups in total. The molecule has 2 aliphatic carbocycles. The van der Waals surface area contributed by atoms with Gasteiger partial charge in [-0.2, -0.15) is 0 Å². The van der Waals surface area contributed by atoms with Crippen LogP contribution in [0.1, 0.15) is 25.7 Å². The molecule has 0 radical (unpaired) electrons. The van der Waals surface area contributed by atoms with Crippen molar-refractivity contribution in [3.63, 3.8) is 0 Å². The number of nitrogens with one attached hydrogen (secondary N) is 1. The summed E-state index contributed by atoms with van der Waals surface area (Å²) in [6, 6.07) is 0. The lowest BCUT2D eigenvalue weighted by molar-refractivity contribution is -0.126. The van der Waals surface area contributed by atoms with Crippen molar-refractivity contribution in [1.29, 1.82) is 0 Å². The molecule has 2 aliphatic rings. The monoisotopic (exact) mass is 245 g/mol. The zero-order chi connectivity index (χ0) is 11.5. The van der Waals surface area contributed by atoms with Crippen molar-refractivity contribution in [3.05, 3.63) is 0 Å². The molecule has 16 heavy (non-hydrogen) atoms. The summed E-state index contributed by atoms with van der Waals surface area (Å²) in [5.41, 5.74) is 0. The van der Waals surface area contributed by atoms with Crippen LogP contribution in [-0.4, -0.2) is 31.5 Å². The van der Waals surface area contributed by atoms with Gasteiger partial charge in [-0.05, 0) is 31.1 Å². The lowest BCUT2D eigenvalue weighted by atomic mass is 9.88. The molecule has 2 bridgehead atoms. The molecule has 0 aromatic rings. The zero-order valence-electron chi connectivity index (χ0n) is 9.75. The number of methoxy groups -OCH3 is 1. The van der Waals surface area contributed by atoms with Crippen LogP contribution in [0, 0.1) is 17.8 Å². The third-order valence-corrected chi connectivity index (χ3v) is 4.20. The van der Waals surface area contributed by atoms with Crippen LogP contribution in [-0.2, 0) is 9.53 Å². The second-order valence-corrected chi connectivity index (χ2v) is 5.70. The van der Waals surface area contributed by atoms with Gasteiger partial charge in [0.25, 0.3) is 0 Å². The summed E-state index contributed by atoms with van der Waals surface area (Å²) in [7, 11) is 1.62. The van der Waals surface area contributed by atoms with Gasteiger partial charge in [0, 0.05) is 19.6 Å². The van der Waals surface area contributed by atoms with Gasteiger partial charge in [0.15, 0.2) is 0 Å². The number of rotatable bonds is 5. The Morgan fingerprint density at radius 2 is 2.31 bits per heavy atom. The third kappa shape index (κ3) is 2.69. The first-order valence-corrected chi connectivity index (χ1v) is 6.55. The minimum Gasteiger partial charge on any atom is -0.383 e. The second-order valence-electron chi connectivity index (χ2n) is 5.08. The Bertz CT molecular complexity index is 259. The van der Waals surface area contributed by atoms with Crippen LogP contribution in [0.4, 0.5) is 0 Å². The second kappa shape index (κ2) is 5.37. The lowest BCUT2D eigenvalue weighted by Crippen LogP contribution is -2.37. The Morgan fingerprint density at radius 3 is 2.88 bits per heavy atom. The predicted octanol–water partition coefficient (Wildman–Crippen LogP) is 1.79. The van der Waals surface area contributed by atoms with Crippen LogP contribution in [0.15, 0.2) is 0 Å². The Morgan fingerprint density at radius 1 is 1.50 bits per heavy atom. The number of amides is 1. The van der Waals surface area contributed by atoms with Gasteiger partial charge < -0.3 is 10.1 Å². The topological polar surface area (TPSA) is 38.3 Å². The first kappa shape index (κ1) is 12.2. The Hall–Kier alpha value is -0.280. The summed E-state index contributed by atoms with van der Waals surface area (Å²) in [6.45, 7) is 1.00. The quantitative estimate of drug-likeness (QED) is 0.750. The van der Waals surface area contributed by atoms with E-state index in [9.17, 15) is 4.79 Å². The number of carbonyl (C=O) groups is 1. The highest BCUT2D eigenvalue weighted by Crippen LogP contribution is 2.48. The maximum absolute atomic E-state index is 11.9. The predicted molar refractivity (Wildman–Crippen MR) is 63.5 cm³/mol. The summed E-state index contributed by atoms with van der Waals surface area (Å²) in [4.78, 5) is 11.9. The average molecular weight is 246 g/mol. The molecule has 0 saturated heterocycles. The van der Waals surface area contributed by atoms with Crippen molar-refractivity contribution >= 4 is 17.5 Å². The standard InChI is InChI=1S/C12H20ClNO2/c1-16-7-10(13)6-14-12(15)11-5-8-2-3-9(11)4-8/h8-11H,2-7H2,1H3,(H,14,15). The molecular weight excluding hydrogens is 226 g/mol. The van der Waals surface area contributed by atoms with E-state index in [0.29, 0.717) is 19.1 Å². The first-order valence-electron chi connectivity index (χ1n) is 6.11. The number of halogens is 1. The molecule has 0 aromatic carbocycles. The van der Waals surface area contributed by atoms with Crippen molar-refractivity contribution < 1.29 is 9.53 Å². The first-order chi connectivity index (χ1) is 7.70. The van der Waals surface area contributed by atoms with Gasteiger partial charge in [0.05, 0.1) is 12.0 Å². The Kier molecular flexibility index (Phi) is 4.09. The molecule has 4 heteroatoms. The van der Waals surface area contributed by atoms with Gasteiger partial charge in [-0.1, -0.05) is 6.42 Å².